The Morgan fingerprint density at radius 3 is 2.80 bits per heavy atom. The minimum atomic E-state index is 0.0593. The van der Waals surface area contributed by atoms with Gasteiger partial charge in [0.1, 0.15) is 5.82 Å². The van der Waals surface area contributed by atoms with Crippen LogP contribution in [0.1, 0.15) is 58.2 Å². The summed E-state index contributed by atoms with van der Waals surface area (Å²) in [5, 5.41) is 10.8. The molecule has 20 heavy (non-hydrogen) atoms. The number of aromatic nitrogens is 3. The lowest BCUT2D eigenvalue weighted by atomic mass is 10.0. The molecule has 0 saturated heterocycles. The van der Waals surface area contributed by atoms with Crippen LogP contribution in [0.4, 0.5) is 0 Å². The Hall–Kier alpha value is -1.04. The molecule has 2 rings (SSSR count). The molecule has 112 valence electrons. The second-order valence-corrected chi connectivity index (χ2v) is 6.95. The summed E-state index contributed by atoms with van der Waals surface area (Å²) in [5.74, 6) is 2.66. The maximum Gasteiger partial charge on any atom is 0.230 e. The van der Waals surface area contributed by atoms with Gasteiger partial charge in [-0.25, -0.2) is 4.98 Å². The van der Waals surface area contributed by atoms with Crippen LogP contribution in [0.5, 0.6) is 0 Å². The maximum absolute atomic E-state index is 11.8. The lowest BCUT2D eigenvalue weighted by Gasteiger charge is -2.14. The SMILES string of the molecule is CC(C)CCC(C)NC(=O)CSc1n[nH]c(C2CC2)n1. The molecular formula is C14H24N4OS. The molecule has 1 unspecified atom stereocenters. The second kappa shape index (κ2) is 7.11. The average Bonchev–Trinajstić information content (AvgIpc) is 3.13. The molecule has 1 heterocycles. The summed E-state index contributed by atoms with van der Waals surface area (Å²) in [6.45, 7) is 6.46. The molecule has 1 aliphatic carbocycles. The number of nitrogens with zero attached hydrogens (tertiary/aromatic N) is 2. The van der Waals surface area contributed by atoms with E-state index < -0.39 is 0 Å². The number of carbonyl (C=O) groups is 1. The number of carbonyl (C=O) groups excluding carboxylic acids is 1. The van der Waals surface area contributed by atoms with Crippen LogP contribution in [0.2, 0.25) is 0 Å². The van der Waals surface area contributed by atoms with Gasteiger partial charge in [0.15, 0.2) is 0 Å². The first kappa shape index (κ1) is 15.4. The van der Waals surface area contributed by atoms with Crippen LogP contribution >= 0.6 is 11.8 Å². The van der Waals surface area contributed by atoms with Crippen molar-refractivity contribution in [3.63, 3.8) is 0 Å². The molecule has 1 amide bonds. The summed E-state index contributed by atoms with van der Waals surface area (Å²) in [5.41, 5.74) is 0. The largest absolute Gasteiger partial charge is 0.353 e. The molecular weight excluding hydrogens is 272 g/mol. The van der Waals surface area contributed by atoms with Crippen LogP contribution in [0.3, 0.4) is 0 Å². The molecule has 1 atom stereocenters. The molecule has 6 heteroatoms. The molecule has 5 nitrogen and oxygen atoms in total. The van der Waals surface area contributed by atoms with Crippen molar-refractivity contribution in [2.75, 3.05) is 5.75 Å². The Balaban J connectivity index is 1.65. The van der Waals surface area contributed by atoms with Gasteiger partial charge >= 0.3 is 0 Å². The van der Waals surface area contributed by atoms with Crippen LogP contribution in [0.25, 0.3) is 0 Å². The second-order valence-electron chi connectivity index (χ2n) is 6.01. The van der Waals surface area contributed by atoms with Crippen LogP contribution in [0.15, 0.2) is 5.16 Å². The van der Waals surface area contributed by atoms with Crippen molar-refractivity contribution in [3.05, 3.63) is 5.82 Å². The molecule has 0 aromatic carbocycles. The van der Waals surface area contributed by atoms with Gasteiger partial charge in [0.25, 0.3) is 0 Å². The molecule has 0 spiro atoms. The maximum atomic E-state index is 11.8. The lowest BCUT2D eigenvalue weighted by molar-refractivity contribution is -0.119. The van der Waals surface area contributed by atoms with E-state index >= 15 is 0 Å². The summed E-state index contributed by atoms with van der Waals surface area (Å²) in [4.78, 5) is 16.2. The molecule has 0 aliphatic heterocycles. The van der Waals surface area contributed by atoms with Gasteiger partial charge in [-0.2, -0.15) is 0 Å². The van der Waals surface area contributed by atoms with E-state index in [2.05, 4.69) is 41.3 Å². The van der Waals surface area contributed by atoms with E-state index in [1.165, 1.54) is 24.6 Å². The lowest BCUT2D eigenvalue weighted by Crippen LogP contribution is -2.34. The molecule has 1 aliphatic rings. The zero-order valence-electron chi connectivity index (χ0n) is 12.5. The highest BCUT2D eigenvalue weighted by atomic mass is 32.2. The molecule has 1 saturated carbocycles. The molecule has 0 radical (unpaired) electrons. The minimum Gasteiger partial charge on any atom is -0.353 e. The van der Waals surface area contributed by atoms with Gasteiger partial charge in [0.2, 0.25) is 11.1 Å². The summed E-state index contributed by atoms with van der Waals surface area (Å²) >= 11 is 1.40. The summed E-state index contributed by atoms with van der Waals surface area (Å²) < 4.78 is 0. The number of hydrogen-bond donors (Lipinski definition) is 2. The topological polar surface area (TPSA) is 70.7 Å². The zero-order chi connectivity index (χ0) is 14.5. The van der Waals surface area contributed by atoms with Crippen molar-refractivity contribution in [1.29, 1.82) is 0 Å². The molecule has 2 N–H and O–H groups in total. The quantitative estimate of drug-likeness (QED) is 0.724. The van der Waals surface area contributed by atoms with Crippen molar-refractivity contribution in [2.24, 2.45) is 5.92 Å². The van der Waals surface area contributed by atoms with E-state index in [-0.39, 0.29) is 11.9 Å². The number of amides is 1. The van der Waals surface area contributed by atoms with Crippen LogP contribution in [-0.2, 0) is 4.79 Å². The molecule has 1 fully saturated rings. The van der Waals surface area contributed by atoms with E-state index in [0.717, 1.165) is 18.7 Å². The van der Waals surface area contributed by atoms with Crippen molar-refractivity contribution in [2.45, 2.75) is 63.6 Å². The number of H-pyrrole nitrogens is 1. The first-order valence-electron chi connectivity index (χ1n) is 7.39. The highest BCUT2D eigenvalue weighted by Crippen LogP contribution is 2.38. The minimum absolute atomic E-state index is 0.0593. The van der Waals surface area contributed by atoms with Crippen LogP contribution in [0, 0.1) is 5.92 Å². The Bertz CT molecular complexity index is 442. The number of rotatable bonds is 8. The molecule has 1 aromatic rings. The summed E-state index contributed by atoms with van der Waals surface area (Å²) in [6, 6.07) is 0.236. The van der Waals surface area contributed by atoms with Crippen LogP contribution in [-0.4, -0.2) is 32.9 Å². The predicted molar refractivity (Wildman–Crippen MR) is 80.8 cm³/mol. The first-order chi connectivity index (χ1) is 9.54. The standard InChI is InChI=1S/C14H24N4OS/c1-9(2)4-5-10(3)15-12(19)8-20-14-16-13(17-18-14)11-6-7-11/h9-11H,4-8H2,1-3H3,(H,15,19)(H,16,17,18). The zero-order valence-corrected chi connectivity index (χ0v) is 13.3. The van der Waals surface area contributed by atoms with E-state index in [9.17, 15) is 4.79 Å². The Morgan fingerprint density at radius 2 is 2.15 bits per heavy atom. The number of thioether (sulfide) groups is 1. The normalized spacial score (nSPS) is 16.4. The van der Waals surface area contributed by atoms with E-state index in [1.807, 2.05) is 0 Å². The van der Waals surface area contributed by atoms with E-state index in [0.29, 0.717) is 22.7 Å². The fourth-order valence-corrected chi connectivity index (χ4v) is 2.58. The smallest absolute Gasteiger partial charge is 0.230 e. The average molecular weight is 296 g/mol. The van der Waals surface area contributed by atoms with Crippen molar-refractivity contribution < 1.29 is 4.79 Å². The third-order valence-electron chi connectivity index (χ3n) is 3.36. The first-order valence-corrected chi connectivity index (χ1v) is 8.37. The van der Waals surface area contributed by atoms with Gasteiger partial charge in [-0.3, -0.25) is 9.89 Å². The van der Waals surface area contributed by atoms with Crippen molar-refractivity contribution in [1.82, 2.24) is 20.5 Å². The predicted octanol–water partition coefficient (Wildman–Crippen LogP) is 2.72. The number of nitrogens with one attached hydrogen (secondary N) is 2. The van der Waals surface area contributed by atoms with Gasteiger partial charge in [-0.15, -0.1) is 5.10 Å². The van der Waals surface area contributed by atoms with Gasteiger partial charge in [0, 0.05) is 12.0 Å². The Kier molecular flexibility index (Phi) is 5.46. The number of hydrogen-bond acceptors (Lipinski definition) is 4. The van der Waals surface area contributed by atoms with Crippen molar-refractivity contribution in [3.8, 4) is 0 Å². The molecule has 0 bridgehead atoms. The van der Waals surface area contributed by atoms with Gasteiger partial charge in [-0.05, 0) is 38.5 Å². The summed E-state index contributed by atoms with van der Waals surface area (Å²) in [6.07, 6.45) is 4.57. The van der Waals surface area contributed by atoms with Gasteiger partial charge in [-0.1, -0.05) is 25.6 Å². The third-order valence-corrected chi connectivity index (χ3v) is 4.21. The Morgan fingerprint density at radius 1 is 1.40 bits per heavy atom. The van der Waals surface area contributed by atoms with Crippen LogP contribution < -0.4 is 5.32 Å². The fourth-order valence-electron chi connectivity index (χ4n) is 1.96. The highest BCUT2D eigenvalue weighted by molar-refractivity contribution is 7.99. The van der Waals surface area contributed by atoms with E-state index in [1.54, 1.807) is 0 Å². The molecule has 1 aromatic heterocycles. The number of aromatic amines is 1. The summed E-state index contributed by atoms with van der Waals surface area (Å²) in [7, 11) is 0. The van der Waals surface area contributed by atoms with Gasteiger partial charge < -0.3 is 5.32 Å². The van der Waals surface area contributed by atoms with E-state index in [4.69, 9.17) is 0 Å². The van der Waals surface area contributed by atoms with Gasteiger partial charge in [0.05, 0.1) is 5.75 Å². The monoisotopic (exact) mass is 296 g/mol. The Labute approximate surface area is 124 Å². The fraction of sp³-hybridized carbons (Fsp3) is 0.786. The van der Waals surface area contributed by atoms with Crippen molar-refractivity contribution >= 4 is 17.7 Å². The highest BCUT2D eigenvalue weighted by Gasteiger charge is 2.27. The third kappa shape index (κ3) is 5.15.